The van der Waals surface area contributed by atoms with Crippen LogP contribution in [0.1, 0.15) is 12.8 Å². The van der Waals surface area contributed by atoms with E-state index in [2.05, 4.69) is 0 Å². The standard InChI is InChI=1S/C15H15ClN2O3S/c16-11-1-2-13-12(7-11)18(15(21)22-13)8-14(20)17-5-3-10(9-19)4-6-17/h1-2,7,9-10H,3-6,8H2. The Hall–Kier alpha value is -1.66. The molecule has 2 heterocycles. The molecule has 1 aliphatic rings. The van der Waals surface area contributed by atoms with Gasteiger partial charge in [0, 0.05) is 24.0 Å². The van der Waals surface area contributed by atoms with Crippen molar-refractivity contribution in [3.63, 3.8) is 0 Å². The highest BCUT2D eigenvalue weighted by Crippen LogP contribution is 2.22. The fourth-order valence-electron chi connectivity index (χ4n) is 2.71. The zero-order valence-corrected chi connectivity index (χ0v) is 13.4. The van der Waals surface area contributed by atoms with Gasteiger partial charge in [0.25, 0.3) is 0 Å². The van der Waals surface area contributed by atoms with Gasteiger partial charge in [0.2, 0.25) is 5.91 Å². The van der Waals surface area contributed by atoms with Crippen molar-refractivity contribution in [3.8, 4) is 0 Å². The number of nitrogens with zero attached hydrogens (tertiary/aromatic N) is 2. The molecule has 116 valence electrons. The Kier molecular flexibility index (Phi) is 4.31. The first-order valence-corrected chi connectivity index (χ1v) is 8.30. The summed E-state index contributed by atoms with van der Waals surface area (Å²) in [5.74, 6) is -0.0429. The fraction of sp³-hybridized carbons (Fsp3) is 0.400. The molecule has 22 heavy (non-hydrogen) atoms. The number of amides is 1. The van der Waals surface area contributed by atoms with Crippen LogP contribution in [0.2, 0.25) is 5.02 Å². The van der Waals surface area contributed by atoms with Crippen molar-refractivity contribution in [1.82, 2.24) is 9.47 Å². The molecule has 7 heteroatoms. The highest BCUT2D eigenvalue weighted by molar-refractivity contribution is 7.16. The molecular weight excluding hydrogens is 324 g/mol. The maximum atomic E-state index is 12.4. The number of aromatic nitrogens is 1. The fourth-order valence-corrected chi connectivity index (χ4v) is 3.74. The van der Waals surface area contributed by atoms with Crippen LogP contribution in [-0.2, 0) is 16.1 Å². The lowest BCUT2D eigenvalue weighted by atomic mass is 9.99. The second kappa shape index (κ2) is 6.22. The van der Waals surface area contributed by atoms with Crippen molar-refractivity contribution in [1.29, 1.82) is 0 Å². The van der Waals surface area contributed by atoms with E-state index in [-0.39, 0.29) is 23.2 Å². The van der Waals surface area contributed by atoms with E-state index in [9.17, 15) is 14.4 Å². The molecule has 1 saturated heterocycles. The van der Waals surface area contributed by atoms with Crippen molar-refractivity contribution in [2.24, 2.45) is 5.92 Å². The Morgan fingerprint density at radius 3 is 2.77 bits per heavy atom. The van der Waals surface area contributed by atoms with Crippen molar-refractivity contribution in [2.75, 3.05) is 13.1 Å². The molecule has 5 nitrogen and oxygen atoms in total. The van der Waals surface area contributed by atoms with Gasteiger partial charge in [0.05, 0.1) is 10.2 Å². The Morgan fingerprint density at radius 1 is 1.36 bits per heavy atom. The topological polar surface area (TPSA) is 59.4 Å². The monoisotopic (exact) mass is 338 g/mol. The second-order valence-corrected chi connectivity index (χ2v) is 6.85. The van der Waals surface area contributed by atoms with Crippen LogP contribution in [0.5, 0.6) is 0 Å². The molecule has 0 saturated carbocycles. The van der Waals surface area contributed by atoms with Crippen LogP contribution in [0, 0.1) is 5.92 Å². The lowest BCUT2D eigenvalue weighted by Gasteiger charge is -2.29. The molecule has 0 N–H and O–H groups in total. The summed E-state index contributed by atoms with van der Waals surface area (Å²) in [6.07, 6.45) is 2.35. The van der Waals surface area contributed by atoms with Gasteiger partial charge >= 0.3 is 4.87 Å². The predicted octanol–water partition coefficient (Wildman–Crippen LogP) is 2.15. The number of benzene rings is 1. The van der Waals surface area contributed by atoms with E-state index in [4.69, 9.17) is 11.6 Å². The highest BCUT2D eigenvalue weighted by Gasteiger charge is 2.23. The predicted molar refractivity (Wildman–Crippen MR) is 86.5 cm³/mol. The van der Waals surface area contributed by atoms with Gasteiger partial charge in [0.1, 0.15) is 12.8 Å². The molecule has 0 atom stereocenters. The van der Waals surface area contributed by atoms with Crippen LogP contribution in [0.25, 0.3) is 10.2 Å². The number of halogens is 1. The van der Waals surface area contributed by atoms with Gasteiger partial charge in [0.15, 0.2) is 0 Å². The number of carbonyl (C=O) groups excluding carboxylic acids is 2. The van der Waals surface area contributed by atoms with E-state index in [1.165, 1.54) is 4.57 Å². The molecule has 1 aliphatic heterocycles. The zero-order valence-electron chi connectivity index (χ0n) is 11.8. The average Bonchev–Trinajstić information content (AvgIpc) is 2.83. The third-order valence-corrected chi connectivity index (χ3v) is 5.20. The van der Waals surface area contributed by atoms with Gasteiger partial charge in [-0.2, -0.15) is 0 Å². The van der Waals surface area contributed by atoms with Gasteiger partial charge in [-0.15, -0.1) is 0 Å². The first-order valence-electron chi connectivity index (χ1n) is 7.10. The molecule has 0 aliphatic carbocycles. The van der Waals surface area contributed by atoms with Gasteiger partial charge in [-0.3, -0.25) is 14.2 Å². The Balaban J connectivity index is 1.80. The van der Waals surface area contributed by atoms with Crippen molar-refractivity contribution >= 4 is 45.3 Å². The summed E-state index contributed by atoms with van der Waals surface area (Å²) in [5, 5.41) is 0.540. The maximum absolute atomic E-state index is 12.4. The molecule has 2 aromatic rings. The number of rotatable bonds is 3. The Labute approximate surface area is 136 Å². The average molecular weight is 339 g/mol. The largest absolute Gasteiger partial charge is 0.341 e. The number of fused-ring (bicyclic) bond motifs is 1. The molecule has 1 fully saturated rings. The summed E-state index contributed by atoms with van der Waals surface area (Å²) in [6.45, 7) is 1.16. The van der Waals surface area contributed by atoms with Gasteiger partial charge in [-0.25, -0.2) is 0 Å². The summed E-state index contributed by atoms with van der Waals surface area (Å²) in [6, 6.07) is 5.23. The molecule has 1 amide bonds. The lowest BCUT2D eigenvalue weighted by molar-refractivity contribution is -0.134. The molecule has 0 bridgehead atoms. The zero-order chi connectivity index (χ0) is 15.7. The third kappa shape index (κ3) is 2.94. The molecule has 0 radical (unpaired) electrons. The second-order valence-electron chi connectivity index (χ2n) is 5.42. The normalized spacial score (nSPS) is 16.1. The maximum Gasteiger partial charge on any atom is 0.308 e. The van der Waals surface area contributed by atoms with E-state index in [1.807, 2.05) is 0 Å². The highest BCUT2D eigenvalue weighted by atomic mass is 35.5. The van der Waals surface area contributed by atoms with Crippen LogP contribution in [0.15, 0.2) is 23.0 Å². The van der Waals surface area contributed by atoms with E-state index in [0.717, 1.165) is 22.3 Å². The summed E-state index contributed by atoms with van der Waals surface area (Å²) in [4.78, 5) is 36.8. The summed E-state index contributed by atoms with van der Waals surface area (Å²) < 4.78 is 2.29. The Morgan fingerprint density at radius 2 is 2.09 bits per heavy atom. The van der Waals surface area contributed by atoms with Crippen LogP contribution in [0.4, 0.5) is 0 Å². The van der Waals surface area contributed by atoms with E-state index >= 15 is 0 Å². The number of likely N-dealkylation sites (tertiary alicyclic amines) is 1. The summed E-state index contributed by atoms with van der Waals surface area (Å²) >= 11 is 7.09. The van der Waals surface area contributed by atoms with Crippen molar-refractivity contribution in [3.05, 3.63) is 32.9 Å². The lowest BCUT2D eigenvalue weighted by Crippen LogP contribution is -2.41. The smallest absolute Gasteiger partial charge is 0.308 e. The number of carbonyl (C=O) groups is 2. The SMILES string of the molecule is O=CC1CCN(C(=O)Cn2c(=O)sc3ccc(Cl)cc32)CC1. The summed E-state index contributed by atoms with van der Waals surface area (Å²) in [5.41, 5.74) is 0.693. The van der Waals surface area contributed by atoms with Crippen LogP contribution in [-0.4, -0.2) is 34.7 Å². The van der Waals surface area contributed by atoms with Gasteiger partial charge in [-0.1, -0.05) is 22.9 Å². The van der Waals surface area contributed by atoms with E-state index < -0.39 is 0 Å². The van der Waals surface area contributed by atoms with Gasteiger partial charge < -0.3 is 9.69 Å². The first-order chi connectivity index (χ1) is 10.6. The van der Waals surface area contributed by atoms with Crippen molar-refractivity contribution < 1.29 is 9.59 Å². The minimum atomic E-state index is -0.159. The Bertz CT molecular complexity index is 775. The molecule has 1 aromatic heterocycles. The molecule has 0 spiro atoms. The van der Waals surface area contributed by atoms with Crippen LogP contribution in [0.3, 0.4) is 0 Å². The first kappa shape index (κ1) is 15.2. The van der Waals surface area contributed by atoms with Crippen LogP contribution >= 0.6 is 22.9 Å². The van der Waals surface area contributed by atoms with Crippen LogP contribution < -0.4 is 4.87 Å². The van der Waals surface area contributed by atoms with E-state index in [1.54, 1.807) is 23.1 Å². The number of thiazole rings is 1. The third-order valence-electron chi connectivity index (χ3n) is 4.01. The molecular formula is C15H15ClN2O3S. The quantitative estimate of drug-likeness (QED) is 0.806. The molecule has 0 unspecified atom stereocenters. The molecule has 3 rings (SSSR count). The minimum absolute atomic E-state index is 0.0188. The summed E-state index contributed by atoms with van der Waals surface area (Å²) in [7, 11) is 0. The minimum Gasteiger partial charge on any atom is -0.341 e. The van der Waals surface area contributed by atoms with E-state index in [0.29, 0.717) is 36.5 Å². The number of hydrogen-bond donors (Lipinski definition) is 0. The number of hydrogen-bond acceptors (Lipinski definition) is 4. The number of aldehydes is 1. The molecule has 1 aromatic carbocycles. The van der Waals surface area contributed by atoms with Crippen molar-refractivity contribution in [2.45, 2.75) is 19.4 Å². The number of piperidine rings is 1. The van der Waals surface area contributed by atoms with Gasteiger partial charge in [-0.05, 0) is 31.0 Å².